The highest BCUT2D eigenvalue weighted by molar-refractivity contribution is 6.30. The van der Waals surface area contributed by atoms with E-state index < -0.39 is 0 Å². The molecule has 0 aliphatic carbocycles. The third-order valence-corrected chi connectivity index (χ3v) is 2.64. The van der Waals surface area contributed by atoms with E-state index in [1.807, 2.05) is 43.3 Å². The molecule has 2 aromatic rings. The Balaban J connectivity index is 1.87. The van der Waals surface area contributed by atoms with E-state index in [0.29, 0.717) is 12.5 Å². The first-order valence-electron chi connectivity index (χ1n) is 5.71. The van der Waals surface area contributed by atoms with E-state index in [1.54, 1.807) is 4.68 Å². The van der Waals surface area contributed by atoms with Crippen LogP contribution in [-0.4, -0.2) is 26.8 Å². The number of nitrogens with zero attached hydrogens (tertiary/aromatic N) is 4. The fourth-order valence-corrected chi connectivity index (χ4v) is 1.59. The lowest BCUT2D eigenvalue weighted by Gasteiger charge is -2.01. The van der Waals surface area contributed by atoms with Crippen LogP contribution < -0.4 is 5.32 Å². The van der Waals surface area contributed by atoms with Crippen LogP contribution in [0.25, 0.3) is 6.08 Å². The fourth-order valence-electron chi connectivity index (χ4n) is 1.46. The molecule has 0 saturated heterocycles. The van der Waals surface area contributed by atoms with Gasteiger partial charge in [-0.2, -0.15) is 0 Å². The zero-order valence-electron chi connectivity index (χ0n) is 10.0. The van der Waals surface area contributed by atoms with Crippen LogP contribution in [0.3, 0.4) is 0 Å². The lowest BCUT2D eigenvalue weighted by Crippen LogP contribution is -2.07. The van der Waals surface area contributed by atoms with E-state index in [1.165, 1.54) is 0 Å². The van der Waals surface area contributed by atoms with Crippen molar-refractivity contribution in [3.63, 3.8) is 0 Å². The first-order chi connectivity index (χ1) is 8.79. The Bertz CT molecular complexity index is 518. The lowest BCUT2D eigenvalue weighted by molar-refractivity contribution is 0.630. The Morgan fingerprint density at radius 2 is 2.11 bits per heavy atom. The van der Waals surface area contributed by atoms with Gasteiger partial charge in [-0.05, 0) is 35.0 Å². The van der Waals surface area contributed by atoms with Gasteiger partial charge in [0.05, 0.1) is 0 Å². The second-order valence-corrected chi connectivity index (χ2v) is 4.09. The number of halogens is 1. The molecule has 0 saturated carbocycles. The summed E-state index contributed by atoms with van der Waals surface area (Å²) in [6.45, 7) is 3.41. The normalized spacial score (nSPS) is 11.0. The smallest absolute Gasteiger partial charge is 0.243 e. The summed E-state index contributed by atoms with van der Waals surface area (Å²) < 4.78 is 1.70. The Hall–Kier alpha value is -1.88. The molecule has 18 heavy (non-hydrogen) atoms. The first-order valence-corrected chi connectivity index (χ1v) is 6.09. The molecule has 0 spiro atoms. The molecule has 5 nitrogen and oxygen atoms in total. The van der Waals surface area contributed by atoms with Crippen molar-refractivity contribution in [1.29, 1.82) is 0 Å². The zero-order valence-corrected chi connectivity index (χ0v) is 10.8. The number of hydrogen-bond acceptors (Lipinski definition) is 4. The van der Waals surface area contributed by atoms with Crippen molar-refractivity contribution in [2.24, 2.45) is 0 Å². The predicted octanol–water partition coefficient (Wildman–Crippen LogP) is 2.47. The number of rotatable bonds is 5. The minimum Gasteiger partial charge on any atom is -0.350 e. The number of anilines is 1. The molecule has 6 heteroatoms. The van der Waals surface area contributed by atoms with Crippen LogP contribution in [0.5, 0.6) is 0 Å². The second kappa shape index (κ2) is 6.16. The summed E-state index contributed by atoms with van der Waals surface area (Å²) in [5, 5.41) is 15.2. The van der Waals surface area contributed by atoms with Crippen LogP contribution in [-0.2, 0) is 6.54 Å². The minimum absolute atomic E-state index is 0.670. The molecule has 1 aromatic heterocycles. The molecule has 0 aliphatic heterocycles. The van der Waals surface area contributed by atoms with Gasteiger partial charge in [-0.15, -0.1) is 0 Å². The monoisotopic (exact) mass is 263 g/mol. The van der Waals surface area contributed by atoms with Gasteiger partial charge in [0.15, 0.2) is 0 Å². The third-order valence-electron chi connectivity index (χ3n) is 2.39. The zero-order chi connectivity index (χ0) is 12.8. The SMILES string of the molecule is CCn1nnnc1NCC=Cc1ccc(Cl)cc1. The highest BCUT2D eigenvalue weighted by Gasteiger charge is 2.00. The summed E-state index contributed by atoms with van der Waals surface area (Å²) in [5.41, 5.74) is 1.11. The molecule has 0 bridgehead atoms. The average molecular weight is 264 g/mol. The molecule has 0 unspecified atom stereocenters. The van der Waals surface area contributed by atoms with E-state index in [4.69, 9.17) is 11.6 Å². The summed E-state index contributed by atoms with van der Waals surface area (Å²) in [6.07, 6.45) is 4.03. The van der Waals surface area contributed by atoms with Crippen LogP contribution in [0.4, 0.5) is 5.95 Å². The molecule has 0 atom stereocenters. The van der Waals surface area contributed by atoms with Crippen molar-refractivity contribution in [1.82, 2.24) is 20.2 Å². The Labute approximate surface area is 110 Å². The maximum Gasteiger partial charge on any atom is 0.243 e. The van der Waals surface area contributed by atoms with Crippen molar-refractivity contribution in [3.05, 3.63) is 40.9 Å². The van der Waals surface area contributed by atoms with Gasteiger partial charge in [0.2, 0.25) is 5.95 Å². The van der Waals surface area contributed by atoms with Crippen molar-refractivity contribution < 1.29 is 0 Å². The molecule has 0 fully saturated rings. The van der Waals surface area contributed by atoms with Crippen molar-refractivity contribution >= 4 is 23.6 Å². The largest absolute Gasteiger partial charge is 0.350 e. The molecule has 0 aliphatic rings. The molecule has 0 amide bonds. The lowest BCUT2D eigenvalue weighted by atomic mass is 10.2. The van der Waals surface area contributed by atoms with E-state index in [-0.39, 0.29) is 0 Å². The predicted molar refractivity (Wildman–Crippen MR) is 72.5 cm³/mol. The molecule has 0 radical (unpaired) electrons. The summed E-state index contributed by atoms with van der Waals surface area (Å²) in [4.78, 5) is 0. The van der Waals surface area contributed by atoms with Crippen LogP contribution in [0.15, 0.2) is 30.3 Å². The van der Waals surface area contributed by atoms with E-state index >= 15 is 0 Å². The maximum atomic E-state index is 5.81. The number of benzene rings is 1. The first kappa shape index (κ1) is 12.6. The standard InChI is InChI=1S/C12H14ClN5/c1-2-18-12(15-16-17-18)14-9-3-4-10-5-7-11(13)8-6-10/h3-8H,2,9H2,1H3,(H,14,15,17). The minimum atomic E-state index is 0.670. The third kappa shape index (κ3) is 3.30. The van der Waals surface area contributed by atoms with Crippen molar-refractivity contribution in [3.8, 4) is 0 Å². The maximum absolute atomic E-state index is 5.81. The van der Waals surface area contributed by atoms with Gasteiger partial charge >= 0.3 is 0 Å². The van der Waals surface area contributed by atoms with Gasteiger partial charge in [-0.3, -0.25) is 0 Å². The summed E-state index contributed by atoms with van der Waals surface area (Å²) >= 11 is 5.81. The number of tetrazole rings is 1. The second-order valence-electron chi connectivity index (χ2n) is 3.65. The topological polar surface area (TPSA) is 55.6 Å². The Morgan fingerprint density at radius 1 is 1.33 bits per heavy atom. The fraction of sp³-hybridized carbons (Fsp3) is 0.250. The Morgan fingerprint density at radius 3 is 2.83 bits per heavy atom. The van der Waals surface area contributed by atoms with Crippen LogP contribution >= 0.6 is 11.6 Å². The summed E-state index contributed by atoms with van der Waals surface area (Å²) in [5.74, 6) is 0.679. The van der Waals surface area contributed by atoms with E-state index in [0.717, 1.165) is 17.1 Å². The van der Waals surface area contributed by atoms with Crippen LogP contribution in [0, 0.1) is 0 Å². The van der Waals surface area contributed by atoms with E-state index in [9.17, 15) is 0 Å². The number of aryl methyl sites for hydroxylation is 1. The number of hydrogen-bond donors (Lipinski definition) is 1. The molecule has 2 rings (SSSR count). The van der Waals surface area contributed by atoms with Crippen molar-refractivity contribution in [2.45, 2.75) is 13.5 Å². The molecular formula is C12H14ClN5. The highest BCUT2D eigenvalue weighted by atomic mass is 35.5. The summed E-state index contributed by atoms with van der Waals surface area (Å²) in [7, 11) is 0. The van der Waals surface area contributed by atoms with E-state index in [2.05, 4.69) is 20.8 Å². The number of nitrogens with one attached hydrogen (secondary N) is 1. The molecular weight excluding hydrogens is 250 g/mol. The van der Waals surface area contributed by atoms with Gasteiger partial charge in [-0.1, -0.05) is 41.0 Å². The highest BCUT2D eigenvalue weighted by Crippen LogP contribution is 2.10. The Kier molecular flexibility index (Phi) is 4.30. The average Bonchev–Trinajstić information content (AvgIpc) is 2.84. The van der Waals surface area contributed by atoms with Gasteiger partial charge in [-0.25, -0.2) is 4.68 Å². The molecule has 1 aromatic carbocycles. The van der Waals surface area contributed by atoms with Crippen molar-refractivity contribution in [2.75, 3.05) is 11.9 Å². The molecule has 1 N–H and O–H groups in total. The van der Waals surface area contributed by atoms with Crippen LogP contribution in [0.1, 0.15) is 12.5 Å². The van der Waals surface area contributed by atoms with Gasteiger partial charge in [0, 0.05) is 18.1 Å². The summed E-state index contributed by atoms with van der Waals surface area (Å²) in [6, 6.07) is 7.67. The molecule has 94 valence electrons. The van der Waals surface area contributed by atoms with Gasteiger partial charge < -0.3 is 5.32 Å². The molecule has 1 heterocycles. The number of aromatic nitrogens is 4. The van der Waals surface area contributed by atoms with Crippen LogP contribution in [0.2, 0.25) is 5.02 Å². The van der Waals surface area contributed by atoms with Gasteiger partial charge in [0.1, 0.15) is 0 Å². The quantitative estimate of drug-likeness (QED) is 0.900. The van der Waals surface area contributed by atoms with Gasteiger partial charge in [0.25, 0.3) is 0 Å².